The first kappa shape index (κ1) is 24.4. The number of nitrogens with zero attached hydrogens (tertiary/aromatic N) is 3. The van der Waals surface area contributed by atoms with Gasteiger partial charge in [0.05, 0.1) is 18.1 Å². The van der Waals surface area contributed by atoms with E-state index >= 15 is 0 Å². The lowest BCUT2D eigenvalue weighted by Crippen LogP contribution is -2.34. The van der Waals surface area contributed by atoms with Crippen LogP contribution in [0.3, 0.4) is 0 Å². The molecule has 0 saturated carbocycles. The molecule has 0 unspecified atom stereocenters. The topological polar surface area (TPSA) is 156 Å². The van der Waals surface area contributed by atoms with E-state index < -0.39 is 22.4 Å². The SMILES string of the molecule is CCOC(=O)c1cc(C(=O)OCC)c(=O)[nH]c1NN=C1CCN(c2ccc([N+](=O)[O-])cc2)CC1. The highest BCUT2D eigenvalue weighted by Gasteiger charge is 2.22. The summed E-state index contributed by atoms with van der Waals surface area (Å²) in [6, 6.07) is 7.48. The van der Waals surface area contributed by atoms with E-state index in [0.29, 0.717) is 25.9 Å². The van der Waals surface area contributed by atoms with E-state index in [2.05, 4.69) is 20.4 Å². The van der Waals surface area contributed by atoms with E-state index in [9.17, 15) is 24.5 Å². The highest BCUT2D eigenvalue weighted by atomic mass is 16.6. The summed E-state index contributed by atoms with van der Waals surface area (Å²) in [6.07, 6.45) is 1.20. The van der Waals surface area contributed by atoms with Crippen LogP contribution in [0.25, 0.3) is 0 Å². The fourth-order valence-corrected chi connectivity index (χ4v) is 3.40. The number of nitrogens with one attached hydrogen (secondary N) is 2. The zero-order valence-electron chi connectivity index (χ0n) is 18.8. The lowest BCUT2D eigenvalue weighted by atomic mass is 10.1. The molecule has 0 aliphatic carbocycles. The van der Waals surface area contributed by atoms with Gasteiger partial charge in [0, 0.05) is 49.5 Å². The highest BCUT2D eigenvalue weighted by Crippen LogP contribution is 2.22. The third-order valence-corrected chi connectivity index (χ3v) is 5.12. The molecule has 0 amide bonds. The molecule has 12 nitrogen and oxygen atoms in total. The number of hydrogen-bond acceptors (Lipinski definition) is 10. The van der Waals surface area contributed by atoms with Crippen molar-refractivity contribution in [3.8, 4) is 0 Å². The minimum Gasteiger partial charge on any atom is -0.462 e. The van der Waals surface area contributed by atoms with E-state index in [0.717, 1.165) is 17.5 Å². The molecule has 1 fully saturated rings. The van der Waals surface area contributed by atoms with Crippen molar-refractivity contribution in [2.45, 2.75) is 26.7 Å². The number of anilines is 2. The van der Waals surface area contributed by atoms with E-state index in [1.807, 2.05) is 0 Å². The Hall–Kier alpha value is -4.22. The Bertz CT molecular complexity index is 1150. The molecule has 1 aromatic heterocycles. The quantitative estimate of drug-likeness (QED) is 0.336. The lowest BCUT2D eigenvalue weighted by molar-refractivity contribution is -0.384. The molecule has 34 heavy (non-hydrogen) atoms. The average Bonchev–Trinajstić information content (AvgIpc) is 2.83. The van der Waals surface area contributed by atoms with Gasteiger partial charge in [0.25, 0.3) is 11.2 Å². The number of aromatic nitrogens is 1. The monoisotopic (exact) mass is 471 g/mol. The Balaban J connectivity index is 1.73. The van der Waals surface area contributed by atoms with Crippen molar-refractivity contribution in [2.75, 3.05) is 36.6 Å². The number of rotatable bonds is 8. The van der Waals surface area contributed by atoms with Crippen LogP contribution in [-0.2, 0) is 9.47 Å². The largest absolute Gasteiger partial charge is 0.462 e. The predicted octanol–water partition coefficient (Wildman–Crippen LogP) is 2.70. The number of H-pyrrole nitrogens is 1. The standard InChI is InChI=1S/C22H25N5O7/c1-3-33-21(29)17-13-18(22(30)34-4-2)20(28)23-19(17)25-24-14-9-11-26(12-10-14)15-5-7-16(8-6-15)27(31)32/h5-8,13H,3-4,9-12H2,1-2H3,(H2,23,25,28). The normalized spacial score (nSPS) is 13.2. The maximum atomic E-state index is 12.4. The Morgan fingerprint density at radius 3 is 2.24 bits per heavy atom. The number of esters is 2. The fourth-order valence-electron chi connectivity index (χ4n) is 3.40. The highest BCUT2D eigenvalue weighted by molar-refractivity contribution is 5.98. The number of pyridine rings is 1. The van der Waals surface area contributed by atoms with Gasteiger partial charge in [-0.2, -0.15) is 5.10 Å². The number of nitro benzene ring substituents is 1. The van der Waals surface area contributed by atoms with Crippen LogP contribution in [0.15, 0.2) is 40.2 Å². The van der Waals surface area contributed by atoms with Crippen molar-refractivity contribution in [1.82, 2.24) is 4.98 Å². The second-order valence-electron chi connectivity index (χ2n) is 7.29. The second-order valence-corrected chi connectivity index (χ2v) is 7.29. The molecular weight excluding hydrogens is 446 g/mol. The van der Waals surface area contributed by atoms with Crippen molar-refractivity contribution in [1.29, 1.82) is 0 Å². The van der Waals surface area contributed by atoms with Gasteiger partial charge in [0.2, 0.25) is 0 Å². The minimum absolute atomic E-state index is 0.0156. The molecule has 1 saturated heterocycles. The number of carbonyl (C=O) groups excluding carboxylic acids is 2. The van der Waals surface area contributed by atoms with Crippen molar-refractivity contribution in [3.05, 3.63) is 61.9 Å². The van der Waals surface area contributed by atoms with Gasteiger partial charge in [-0.15, -0.1) is 0 Å². The van der Waals surface area contributed by atoms with Crippen LogP contribution in [0.2, 0.25) is 0 Å². The molecule has 2 N–H and O–H groups in total. The van der Waals surface area contributed by atoms with E-state index in [1.165, 1.54) is 12.1 Å². The van der Waals surface area contributed by atoms with Crippen LogP contribution >= 0.6 is 0 Å². The summed E-state index contributed by atoms with van der Waals surface area (Å²) in [4.78, 5) is 51.7. The Labute approximate surface area is 194 Å². The summed E-state index contributed by atoms with van der Waals surface area (Å²) >= 11 is 0. The van der Waals surface area contributed by atoms with Gasteiger partial charge in [-0.05, 0) is 32.0 Å². The maximum absolute atomic E-state index is 12.4. The fraction of sp³-hybridized carbons (Fsp3) is 0.364. The molecule has 2 aromatic rings. The Morgan fingerprint density at radius 2 is 1.68 bits per heavy atom. The van der Waals surface area contributed by atoms with Crippen LogP contribution in [0.5, 0.6) is 0 Å². The van der Waals surface area contributed by atoms with Crippen LogP contribution in [0.1, 0.15) is 47.4 Å². The van der Waals surface area contributed by atoms with Crippen molar-refractivity contribution < 1.29 is 24.0 Å². The second kappa shape index (κ2) is 11.1. The predicted molar refractivity (Wildman–Crippen MR) is 125 cm³/mol. The van der Waals surface area contributed by atoms with Gasteiger partial charge in [0.1, 0.15) is 16.9 Å². The number of hydrazone groups is 1. The van der Waals surface area contributed by atoms with E-state index in [4.69, 9.17) is 9.47 Å². The number of aromatic amines is 1. The number of hydrogen-bond donors (Lipinski definition) is 2. The van der Waals surface area contributed by atoms with Crippen LogP contribution in [-0.4, -0.2) is 53.9 Å². The maximum Gasteiger partial charge on any atom is 0.343 e. The summed E-state index contributed by atoms with van der Waals surface area (Å²) in [6.45, 7) is 4.72. The molecule has 1 aliphatic heterocycles. The van der Waals surface area contributed by atoms with Gasteiger partial charge in [0.15, 0.2) is 0 Å². The number of piperidine rings is 1. The molecule has 180 valence electrons. The first-order valence-electron chi connectivity index (χ1n) is 10.8. The summed E-state index contributed by atoms with van der Waals surface area (Å²) in [5.41, 5.74) is 3.37. The van der Waals surface area contributed by atoms with Crippen molar-refractivity contribution in [3.63, 3.8) is 0 Å². The van der Waals surface area contributed by atoms with Crippen molar-refractivity contribution in [2.24, 2.45) is 5.10 Å². The molecule has 0 bridgehead atoms. The van der Waals surface area contributed by atoms with Crippen LogP contribution < -0.4 is 15.9 Å². The number of nitro groups is 1. The third kappa shape index (κ3) is 5.77. The number of ether oxygens (including phenoxy) is 2. The third-order valence-electron chi connectivity index (χ3n) is 5.12. The zero-order chi connectivity index (χ0) is 24.7. The molecule has 3 rings (SSSR count). The Kier molecular flexibility index (Phi) is 7.96. The van der Waals surface area contributed by atoms with Gasteiger partial charge in [-0.25, -0.2) is 9.59 Å². The summed E-state index contributed by atoms with van der Waals surface area (Å²) < 4.78 is 9.90. The molecule has 0 radical (unpaired) electrons. The van der Waals surface area contributed by atoms with Gasteiger partial charge >= 0.3 is 11.9 Å². The number of benzene rings is 1. The molecule has 0 atom stereocenters. The van der Waals surface area contributed by atoms with E-state index in [1.54, 1.807) is 26.0 Å². The molecular formula is C22H25N5O7. The molecule has 12 heteroatoms. The van der Waals surface area contributed by atoms with Gasteiger partial charge in [-0.3, -0.25) is 20.3 Å². The summed E-state index contributed by atoms with van der Waals surface area (Å²) in [5.74, 6) is -1.55. The molecule has 1 aromatic carbocycles. The lowest BCUT2D eigenvalue weighted by Gasteiger charge is -2.29. The zero-order valence-corrected chi connectivity index (χ0v) is 18.8. The summed E-state index contributed by atoms with van der Waals surface area (Å²) in [5, 5.41) is 15.2. The van der Waals surface area contributed by atoms with Gasteiger partial charge in [-0.1, -0.05) is 0 Å². The first-order chi connectivity index (χ1) is 16.3. The number of carbonyl (C=O) groups is 2. The number of non-ortho nitro benzene ring substituents is 1. The summed E-state index contributed by atoms with van der Waals surface area (Å²) in [7, 11) is 0. The minimum atomic E-state index is -0.842. The smallest absolute Gasteiger partial charge is 0.343 e. The van der Waals surface area contributed by atoms with Crippen LogP contribution in [0.4, 0.5) is 17.2 Å². The van der Waals surface area contributed by atoms with E-state index in [-0.39, 0.29) is 35.8 Å². The van der Waals surface area contributed by atoms with Crippen LogP contribution in [0, 0.1) is 10.1 Å². The first-order valence-corrected chi connectivity index (χ1v) is 10.8. The Morgan fingerprint density at radius 1 is 1.09 bits per heavy atom. The van der Waals surface area contributed by atoms with Gasteiger partial charge < -0.3 is 19.4 Å². The molecule has 2 heterocycles. The average molecular weight is 471 g/mol. The molecule has 1 aliphatic rings. The molecule has 0 spiro atoms. The van der Waals surface area contributed by atoms with Crippen molar-refractivity contribution >= 4 is 34.8 Å².